The molecule has 0 spiro atoms. The molecule has 0 amide bonds. The Morgan fingerprint density at radius 3 is 1.36 bits per heavy atom. The molecule has 3 heterocycles. The zero-order chi connectivity index (χ0) is 51.7. The average molecular weight is 1030 g/mol. The van der Waals surface area contributed by atoms with E-state index in [0.29, 0.717) is 70.1 Å². The van der Waals surface area contributed by atoms with Gasteiger partial charge in [0.1, 0.15) is 50.8 Å². The molecule has 8 aromatic rings. The summed E-state index contributed by atoms with van der Waals surface area (Å²) in [5, 5.41) is 29.8. The number of carbonyl (C=O) groups is 6. The van der Waals surface area contributed by atoms with E-state index in [1.807, 2.05) is 121 Å². The zero-order valence-corrected chi connectivity index (χ0v) is 42.2. The third-order valence-corrected chi connectivity index (χ3v) is 14.4. The number of rotatable bonds is 22. The number of methoxy groups -OCH3 is 1. The van der Waals surface area contributed by atoms with E-state index in [4.69, 9.17) is 33.9 Å². The monoisotopic (exact) mass is 1030 g/mol. The molecule has 0 aliphatic rings. The number of aryl methyl sites for hydroxylation is 2. The fourth-order valence-electron chi connectivity index (χ4n) is 7.21. The van der Waals surface area contributed by atoms with E-state index < -0.39 is 30.1 Å². The number of carboxylic acids is 3. The van der Waals surface area contributed by atoms with E-state index in [2.05, 4.69) is 0 Å². The van der Waals surface area contributed by atoms with E-state index in [-0.39, 0.29) is 30.4 Å². The molecular weight excluding hydrogens is 981 g/mol. The Bertz CT molecular complexity index is 3150. The van der Waals surface area contributed by atoms with Gasteiger partial charge in [0.05, 0.1) is 6.61 Å². The number of carbonyl (C=O) groups excluding carboxylic acids is 3. The zero-order valence-electron chi connectivity index (χ0n) is 39.8. The SMILES string of the molecule is CC(=O)c1sc2ccccc2c1OC(CCc1ccccc1)C(=O)O.CC(=O)c1sc2ccccc2c1OCCOc1ccc(CCC(=O)O)cc1.COCC(Oc1c(C(C)=O)sc2ccccc12)C(=O)O. The third kappa shape index (κ3) is 14.6. The number of ether oxygens (including phenoxy) is 5. The first-order chi connectivity index (χ1) is 34.6. The van der Waals surface area contributed by atoms with Crippen LogP contribution in [0, 0.1) is 0 Å². The van der Waals surface area contributed by atoms with Gasteiger partial charge in [0.15, 0.2) is 23.5 Å². The second-order valence-corrected chi connectivity index (χ2v) is 19.2. The number of thiophene rings is 3. The molecule has 3 N–H and O–H groups in total. The summed E-state index contributed by atoms with van der Waals surface area (Å²) in [5.41, 5.74) is 2.01. The quantitative estimate of drug-likeness (QED) is 0.0426. The van der Waals surface area contributed by atoms with E-state index in [1.165, 1.54) is 55.0 Å². The Morgan fingerprint density at radius 1 is 0.486 bits per heavy atom. The molecule has 17 heteroatoms. The van der Waals surface area contributed by atoms with Crippen molar-refractivity contribution in [2.75, 3.05) is 26.9 Å². The van der Waals surface area contributed by atoms with Crippen LogP contribution < -0.4 is 18.9 Å². The highest BCUT2D eigenvalue weighted by atomic mass is 32.1. The van der Waals surface area contributed by atoms with Crippen molar-refractivity contribution in [2.24, 2.45) is 0 Å². The smallest absolute Gasteiger partial charge is 0.347 e. The average Bonchev–Trinajstić information content (AvgIpc) is 4.06. The molecule has 0 aliphatic carbocycles. The molecule has 72 heavy (non-hydrogen) atoms. The van der Waals surface area contributed by atoms with Crippen molar-refractivity contribution >= 4 is 99.5 Å². The summed E-state index contributed by atoms with van der Waals surface area (Å²) in [5.74, 6) is -1.22. The lowest BCUT2D eigenvalue weighted by Crippen LogP contribution is -2.31. The fraction of sp³-hybridized carbons (Fsp3) is 0.236. The first kappa shape index (κ1) is 53.9. The molecule has 3 aromatic heterocycles. The third-order valence-electron chi connectivity index (χ3n) is 10.7. The normalized spacial score (nSPS) is 11.6. The van der Waals surface area contributed by atoms with Gasteiger partial charge in [-0.3, -0.25) is 19.2 Å². The predicted molar refractivity (Wildman–Crippen MR) is 280 cm³/mol. The minimum Gasteiger partial charge on any atom is -0.490 e. The Balaban J connectivity index is 0.000000179. The largest absolute Gasteiger partial charge is 0.490 e. The Morgan fingerprint density at radius 2 is 0.903 bits per heavy atom. The number of Topliss-reactive ketones (excluding diaryl/α,β-unsaturated/α-hetero) is 3. The van der Waals surface area contributed by atoms with Crippen LogP contribution in [0.1, 0.15) is 73.8 Å². The summed E-state index contributed by atoms with van der Waals surface area (Å²) in [4.78, 5) is 70.4. The Kier molecular flexibility index (Phi) is 19.6. The molecule has 374 valence electrons. The first-order valence-corrected chi connectivity index (χ1v) is 25.1. The van der Waals surface area contributed by atoms with Crippen LogP contribution >= 0.6 is 34.0 Å². The highest BCUT2D eigenvalue weighted by Crippen LogP contribution is 2.41. The maximum absolute atomic E-state index is 11.9. The first-order valence-electron chi connectivity index (χ1n) is 22.6. The lowest BCUT2D eigenvalue weighted by Gasteiger charge is -2.15. The van der Waals surface area contributed by atoms with Crippen molar-refractivity contribution in [3.05, 3.63) is 153 Å². The molecule has 14 nitrogen and oxygen atoms in total. The number of benzene rings is 5. The number of fused-ring (bicyclic) bond motifs is 3. The summed E-state index contributed by atoms with van der Waals surface area (Å²) in [6.45, 7) is 5.02. The summed E-state index contributed by atoms with van der Waals surface area (Å²) in [6.07, 6.45) is -0.609. The number of hydrogen-bond acceptors (Lipinski definition) is 14. The van der Waals surface area contributed by atoms with Crippen molar-refractivity contribution in [3.8, 4) is 23.0 Å². The molecule has 0 bridgehead atoms. The molecule has 0 fully saturated rings. The highest BCUT2D eigenvalue weighted by Gasteiger charge is 2.27. The van der Waals surface area contributed by atoms with Crippen molar-refractivity contribution in [1.29, 1.82) is 0 Å². The highest BCUT2D eigenvalue weighted by molar-refractivity contribution is 7.22. The van der Waals surface area contributed by atoms with Crippen LogP contribution in [0.4, 0.5) is 0 Å². The summed E-state index contributed by atoms with van der Waals surface area (Å²) < 4.78 is 30.6. The van der Waals surface area contributed by atoms with Crippen LogP contribution in [-0.2, 0) is 32.0 Å². The topological polar surface area (TPSA) is 209 Å². The van der Waals surface area contributed by atoms with E-state index in [1.54, 1.807) is 13.0 Å². The number of carboxylic acid groups (broad SMARTS) is 3. The van der Waals surface area contributed by atoms with Gasteiger partial charge in [-0.1, -0.05) is 78.9 Å². The van der Waals surface area contributed by atoms with Gasteiger partial charge in [-0.15, -0.1) is 34.0 Å². The maximum atomic E-state index is 11.9. The maximum Gasteiger partial charge on any atom is 0.347 e. The van der Waals surface area contributed by atoms with Gasteiger partial charge in [0.25, 0.3) is 0 Å². The van der Waals surface area contributed by atoms with E-state index in [0.717, 1.165) is 41.4 Å². The van der Waals surface area contributed by atoms with Crippen molar-refractivity contribution < 1.29 is 67.8 Å². The summed E-state index contributed by atoms with van der Waals surface area (Å²) >= 11 is 4.07. The summed E-state index contributed by atoms with van der Waals surface area (Å²) in [6, 6.07) is 39.7. The number of hydrogen-bond donors (Lipinski definition) is 3. The van der Waals surface area contributed by atoms with Crippen LogP contribution in [0.2, 0.25) is 0 Å². The van der Waals surface area contributed by atoms with E-state index >= 15 is 0 Å². The van der Waals surface area contributed by atoms with Gasteiger partial charge in [-0.05, 0) is 78.9 Å². The van der Waals surface area contributed by atoms with Gasteiger partial charge in [-0.25, -0.2) is 9.59 Å². The number of aliphatic carboxylic acids is 3. The number of ketones is 3. The molecule has 8 rings (SSSR count). The minimum absolute atomic E-state index is 0.0101. The lowest BCUT2D eigenvalue weighted by atomic mass is 10.1. The Labute approximate surface area is 426 Å². The molecule has 0 saturated carbocycles. The minimum atomic E-state index is -1.14. The van der Waals surface area contributed by atoms with Crippen LogP contribution in [-0.4, -0.2) is 89.7 Å². The summed E-state index contributed by atoms with van der Waals surface area (Å²) in [7, 11) is 1.40. The fourth-order valence-corrected chi connectivity index (χ4v) is 10.3. The van der Waals surface area contributed by atoms with Gasteiger partial charge in [-0.2, -0.15) is 0 Å². The van der Waals surface area contributed by atoms with Crippen LogP contribution in [0.3, 0.4) is 0 Å². The molecule has 2 unspecified atom stereocenters. The van der Waals surface area contributed by atoms with Crippen LogP contribution in [0.5, 0.6) is 23.0 Å². The molecule has 0 radical (unpaired) electrons. The van der Waals surface area contributed by atoms with Crippen LogP contribution in [0.15, 0.2) is 127 Å². The second kappa shape index (κ2) is 26.1. The van der Waals surface area contributed by atoms with Gasteiger partial charge >= 0.3 is 17.9 Å². The van der Waals surface area contributed by atoms with Crippen LogP contribution in [0.25, 0.3) is 30.3 Å². The van der Waals surface area contributed by atoms with Crippen molar-refractivity contribution in [1.82, 2.24) is 0 Å². The molecule has 0 saturated heterocycles. The van der Waals surface area contributed by atoms with Gasteiger partial charge in [0, 0.05) is 64.6 Å². The van der Waals surface area contributed by atoms with Gasteiger partial charge in [0.2, 0.25) is 6.10 Å². The van der Waals surface area contributed by atoms with Crippen molar-refractivity contribution in [2.45, 2.75) is 58.7 Å². The molecule has 5 aromatic carbocycles. The Hall–Kier alpha value is -7.44. The van der Waals surface area contributed by atoms with Gasteiger partial charge < -0.3 is 39.0 Å². The van der Waals surface area contributed by atoms with E-state index in [9.17, 15) is 33.9 Å². The predicted octanol–water partition coefficient (Wildman–Crippen LogP) is 11.7. The molecule has 0 aliphatic heterocycles. The molecule has 2 atom stereocenters. The second-order valence-electron chi connectivity index (χ2n) is 16.0. The lowest BCUT2D eigenvalue weighted by molar-refractivity contribution is -0.147. The standard InChI is InChI=1S/C21H20O5S.C20H18O4S.C14H14O5S/c1-14(22)21-20(17-4-2-3-5-18(17)27-21)26-13-12-25-16-9-6-15(7-10-16)8-11-19(23)24;1-13(21)19-18(15-9-5-6-10-17(15)25-19)24-16(20(22)23)12-11-14-7-3-2-4-8-14;1-8(15)13-12(19-10(7-18-2)14(16)17)9-5-3-4-6-11(9)20-13/h2-7,9-10H,8,11-13H2,1H3,(H,23,24);2-10,16H,11-12H2,1H3,(H,22,23);3-6,10H,7H2,1-2H3,(H,16,17). The molecular formula is C55H52O14S3. The van der Waals surface area contributed by atoms with Crippen molar-refractivity contribution in [3.63, 3.8) is 0 Å².